The summed E-state index contributed by atoms with van der Waals surface area (Å²) in [7, 11) is 0. The third kappa shape index (κ3) is 2.23. The Bertz CT molecular complexity index is 529. The van der Waals surface area contributed by atoms with Gasteiger partial charge in [0.15, 0.2) is 0 Å². The highest BCUT2D eigenvalue weighted by atomic mass is 16.6. The molecule has 0 aliphatic carbocycles. The number of rotatable bonds is 3. The molecule has 0 amide bonds. The van der Waals surface area contributed by atoms with Crippen LogP contribution in [0, 0.1) is 21.4 Å². The van der Waals surface area contributed by atoms with Crippen molar-refractivity contribution in [2.75, 3.05) is 0 Å². The Morgan fingerprint density at radius 2 is 2.12 bits per heavy atom. The Kier molecular flexibility index (Phi) is 3.14. The van der Waals surface area contributed by atoms with Gasteiger partial charge in [-0.05, 0) is 19.4 Å². The van der Waals surface area contributed by atoms with Gasteiger partial charge >= 0.3 is 5.97 Å². The first-order valence-corrected chi connectivity index (χ1v) is 4.73. The van der Waals surface area contributed by atoms with Crippen LogP contribution in [0.1, 0.15) is 29.8 Å². The molecular formula is C11H10N2O4. The fourth-order valence-electron chi connectivity index (χ4n) is 1.50. The van der Waals surface area contributed by atoms with Gasteiger partial charge in [-0.1, -0.05) is 12.1 Å². The molecule has 1 aromatic carbocycles. The second-order valence-corrected chi connectivity index (χ2v) is 4.00. The Morgan fingerprint density at radius 3 is 2.53 bits per heavy atom. The second-order valence-electron chi connectivity index (χ2n) is 4.00. The van der Waals surface area contributed by atoms with Crippen molar-refractivity contribution in [1.29, 1.82) is 5.26 Å². The Labute approximate surface area is 97.3 Å². The lowest BCUT2D eigenvalue weighted by Gasteiger charge is -2.17. The molecule has 17 heavy (non-hydrogen) atoms. The summed E-state index contributed by atoms with van der Waals surface area (Å²) < 4.78 is 0. The molecule has 88 valence electrons. The number of hydrogen-bond donors (Lipinski definition) is 1. The number of hydrogen-bond acceptors (Lipinski definition) is 4. The van der Waals surface area contributed by atoms with E-state index in [4.69, 9.17) is 10.4 Å². The normalized spacial score (nSPS) is 10.6. The minimum absolute atomic E-state index is 0.140. The average Bonchev–Trinajstić information content (AvgIpc) is 2.27. The number of benzene rings is 1. The van der Waals surface area contributed by atoms with Crippen LogP contribution >= 0.6 is 0 Å². The number of nitriles is 1. The van der Waals surface area contributed by atoms with E-state index in [1.165, 1.54) is 26.0 Å². The maximum absolute atomic E-state index is 11.1. The Morgan fingerprint density at radius 1 is 1.53 bits per heavy atom. The molecule has 0 heterocycles. The molecule has 0 aliphatic heterocycles. The summed E-state index contributed by atoms with van der Waals surface area (Å²) in [5.41, 5.74) is -1.89. The van der Waals surface area contributed by atoms with E-state index in [1.54, 1.807) is 0 Å². The summed E-state index contributed by atoms with van der Waals surface area (Å²) in [5, 5.41) is 28.8. The molecule has 0 fully saturated rings. The van der Waals surface area contributed by atoms with Crippen LogP contribution in [0.5, 0.6) is 0 Å². The van der Waals surface area contributed by atoms with Crippen molar-refractivity contribution < 1.29 is 14.8 Å². The van der Waals surface area contributed by atoms with Crippen molar-refractivity contribution in [3.63, 3.8) is 0 Å². The second kappa shape index (κ2) is 4.22. The third-order valence-electron chi connectivity index (χ3n) is 2.41. The fraction of sp³-hybridized carbons (Fsp3) is 0.273. The lowest BCUT2D eigenvalue weighted by Crippen LogP contribution is -2.20. The standard InChI is InChI=1S/C11H10N2O4/c1-11(2,6-12)7-4-3-5-8(13(16)17)9(7)10(14)15/h3-5H,1-2H3,(H,14,15). The van der Waals surface area contributed by atoms with E-state index < -0.39 is 27.6 Å². The summed E-state index contributed by atoms with van der Waals surface area (Å²) in [5.74, 6) is -1.41. The van der Waals surface area contributed by atoms with Crippen molar-refractivity contribution in [3.8, 4) is 6.07 Å². The molecule has 0 aliphatic rings. The van der Waals surface area contributed by atoms with E-state index in [0.717, 1.165) is 6.07 Å². The smallest absolute Gasteiger partial charge is 0.343 e. The molecule has 0 atom stereocenters. The lowest BCUT2D eigenvalue weighted by atomic mass is 9.82. The van der Waals surface area contributed by atoms with Gasteiger partial charge in [-0.3, -0.25) is 10.1 Å². The maximum atomic E-state index is 11.1. The number of nitrogens with zero attached hydrogens (tertiary/aromatic N) is 2. The summed E-state index contributed by atoms with van der Waals surface area (Å²) in [6, 6.07) is 5.83. The highest BCUT2D eigenvalue weighted by Gasteiger charge is 2.31. The van der Waals surface area contributed by atoms with Gasteiger partial charge in [-0.25, -0.2) is 4.79 Å². The van der Waals surface area contributed by atoms with E-state index >= 15 is 0 Å². The van der Waals surface area contributed by atoms with Crippen LogP contribution < -0.4 is 0 Å². The van der Waals surface area contributed by atoms with Gasteiger partial charge in [0.05, 0.1) is 16.4 Å². The number of aromatic carboxylic acids is 1. The monoisotopic (exact) mass is 234 g/mol. The van der Waals surface area contributed by atoms with Crippen LogP contribution in [0.25, 0.3) is 0 Å². The van der Waals surface area contributed by atoms with E-state index in [1.807, 2.05) is 6.07 Å². The zero-order chi connectivity index (χ0) is 13.2. The summed E-state index contributed by atoms with van der Waals surface area (Å²) in [6.45, 7) is 3.02. The molecule has 0 radical (unpaired) electrons. The van der Waals surface area contributed by atoms with Crippen LogP contribution in [0.3, 0.4) is 0 Å². The van der Waals surface area contributed by atoms with Crippen molar-refractivity contribution in [2.45, 2.75) is 19.3 Å². The minimum Gasteiger partial charge on any atom is -0.477 e. The van der Waals surface area contributed by atoms with Gasteiger partial charge in [0.25, 0.3) is 5.69 Å². The number of carbonyl (C=O) groups is 1. The maximum Gasteiger partial charge on any atom is 0.343 e. The SMILES string of the molecule is CC(C)(C#N)c1cccc([N+](=O)[O-])c1C(=O)O. The highest BCUT2D eigenvalue weighted by molar-refractivity contribution is 5.94. The average molecular weight is 234 g/mol. The van der Waals surface area contributed by atoms with Crippen molar-refractivity contribution in [1.82, 2.24) is 0 Å². The first-order valence-electron chi connectivity index (χ1n) is 4.73. The minimum atomic E-state index is -1.41. The highest BCUT2D eigenvalue weighted by Crippen LogP contribution is 2.31. The number of nitro groups is 1. The molecule has 1 rings (SSSR count). The Hall–Kier alpha value is -2.42. The quantitative estimate of drug-likeness (QED) is 0.636. The van der Waals surface area contributed by atoms with Gasteiger partial charge < -0.3 is 5.11 Å². The molecular weight excluding hydrogens is 224 g/mol. The van der Waals surface area contributed by atoms with Crippen molar-refractivity contribution in [3.05, 3.63) is 39.4 Å². The van der Waals surface area contributed by atoms with Crippen LogP contribution in [-0.2, 0) is 5.41 Å². The molecule has 0 unspecified atom stereocenters. The van der Waals surface area contributed by atoms with Gasteiger partial charge in [-0.2, -0.15) is 5.26 Å². The molecule has 0 saturated carbocycles. The summed E-state index contributed by atoms with van der Waals surface area (Å²) >= 11 is 0. The van der Waals surface area contributed by atoms with E-state index in [9.17, 15) is 14.9 Å². The van der Waals surface area contributed by atoms with Gasteiger partial charge in [0, 0.05) is 6.07 Å². The molecule has 0 saturated heterocycles. The van der Waals surface area contributed by atoms with Crippen molar-refractivity contribution >= 4 is 11.7 Å². The van der Waals surface area contributed by atoms with E-state index in [0.29, 0.717) is 0 Å². The first kappa shape index (κ1) is 12.6. The fourth-order valence-corrected chi connectivity index (χ4v) is 1.50. The van der Waals surface area contributed by atoms with E-state index in [-0.39, 0.29) is 5.56 Å². The first-order chi connectivity index (χ1) is 7.81. The summed E-state index contributed by atoms with van der Waals surface area (Å²) in [4.78, 5) is 21.1. The molecule has 6 heteroatoms. The largest absolute Gasteiger partial charge is 0.477 e. The number of carboxylic acid groups (broad SMARTS) is 1. The zero-order valence-corrected chi connectivity index (χ0v) is 9.30. The van der Waals surface area contributed by atoms with Crippen LogP contribution in [0.15, 0.2) is 18.2 Å². The third-order valence-corrected chi connectivity index (χ3v) is 2.41. The van der Waals surface area contributed by atoms with Crippen molar-refractivity contribution in [2.24, 2.45) is 0 Å². The molecule has 1 N–H and O–H groups in total. The predicted molar refractivity (Wildman–Crippen MR) is 58.7 cm³/mol. The zero-order valence-electron chi connectivity index (χ0n) is 9.30. The van der Waals surface area contributed by atoms with Crippen LogP contribution in [-0.4, -0.2) is 16.0 Å². The van der Waals surface area contributed by atoms with Crippen LogP contribution in [0.2, 0.25) is 0 Å². The number of carboxylic acids is 1. The van der Waals surface area contributed by atoms with Gasteiger partial charge in [0.1, 0.15) is 5.56 Å². The van der Waals surface area contributed by atoms with Gasteiger partial charge in [0.2, 0.25) is 0 Å². The topological polar surface area (TPSA) is 104 Å². The number of nitro benzene ring substituents is 1. The summed E-state index contributed by atoms with van der Waals surface area (Å²) in [6.07, 6.45) is 0. The molecule has 0 bridgehead atoms. The lowest BCUT2D eigenvalue weighted by molar-refractivity contribution is -0.385. The molecule has 1 aromatic rings. The van der Waals surface area contributed by atoms with E-state index in [2.05, 4.69) is 0 Å². The molecule has 0 spiro atoms. The van der Waals surface area contributed by atoms with Crippen LogP contribution in [0.4, 0.5) is 5.69 Å². The molecule has 6 nitrogen and oxygen atoms in total. The van der Waals surface area contributed by atoms with Gasteiger partial charge in [-0.15, -0.1) is 0 Å². The molecule has 0 aromatic heterocycles. The Balaban J connectivity index is 3.64. The predicted octanol–water partition coefficient (Wildman–Crippen LogP) is 2.09.